The number of carbonyl (C=O) groups is 3. The van der Waals surface area contributed by atoms with E-state index in [4.69, 9.17) is 14.2 Å². The van der Waals surface area contributed by atoms with E-state index in [2.05, 4.69) is 69.4 Å². The normalized spacial score (nSPS) is 13.1. The zero-order valence-electron chi connectivity index (χ0n) is 35.6. The van der Waals surface area contributed by atoms with Crippen LogP contribution in [0.2, 0.25) is 0 Å². The summed E-state index contributed by atoms with van der Waals surface area (Å²) in [4.78, 5) is 37.6. The predicted octanol–water partition coefficient (Wildman–Crippen LogP) is 14.0. The molecule has 0 fully saturated rings. The van der Waals surface area contributed by atoms with Gasteiger partial charge >= 0.3 is 17.9 Å². The summed E-state index contributed by atoms with van der Waals surface area (Å²) in [6.45, 7) is 6.18. The molecule has 0 rings (SSSR count). The van der Waals surface area contributed by atoms with Gasteiger partial charge in [-0.3, -0.25) is 14.4 Å². The zero-order valence-corrected chi connectivity index (χ0v) is 35.6. The molecule has 0 radical (unpaired) electrons. The summed E-state index contributed by atoms with van der Waals surface area (Å²) in [6, 6.07) is 0. The molecular formula is C50H78O6. The van der Waals surface area contributed by atoms with Crippen molar-refractivity contribution in [3.63, 3.8) is 0 Å². The lowest BCUT2D eigenvalue weighted by Gasteiger charge is -2.18. The van der Waals surface area contributed by atoms with E-state index in [1.807, 2.05) is 54.7 Å². The number of rotatable bonds is 37. The van der Waals surface area contributed by atoms with E-state index in [0.29, 0.717) is 0 Å². The molecule has 0 aliphatic carbocycles. The van der Waals surface area contributed by atoms with Crippen LogP contribution < -0.4 is 0 Å². The van der Waals surface area contributed by atoms with Gasteiger partial charge in [-0.1, -0.05) is 182 Å². The maximum absolute atomic E-state index is 12.7. The van der Waals surface area contributed by atoms with Crippen molar-refractivity contribution in [2.45, 2.75) is 175 Å². The van der Waals surface area contributed by atoms with Crippen LogP contribution >= 0.6 is 0 Å². The molecule has 6 nitrogen and oxygen atoms in total. The minimum Gasteiger partial charge on any atom is -0.462 e. The second kappa shape index (κ2) is 43.8. The van der Waals surface area contributed by atoms with Crippen LogP contribution in [0.3, 0.4) is 0 Å². The molecule has 0 aliphatic heterocycles. The van der Waals surface area contributed by atoms with Gasteiger partial charge in [0, 0.05) is 12.8 Å². The summed E-state index contributed by atoms with van der Waals surface area (Å²) in [5.74, 6) is -1.13. The molecule has 0 amide bonds. The standard InChI is InChI=1S/C50H78O6/c1-4-7-10-13-16-19-21-23-25-27-28-31-34-37-40-43-49(52)55-46-47(45-54-48(51)42-39-36-33-30-18-15-12-9-6-3)56-50(53)44-41-38-35-32-29-26-24-22-20-17-14-11-8-5-2/h7,9-10,12-13,16,18-19,21,23,25-30,36,39,47H,4-6,8,11,14-15,17,20,22,24,31-35,37-38,40-46H2,1-3H3/b10-7-,12-9-,16-13-,21-19-,25-23-,28-27-,29-26-,30-18-,39-36-. The molecule has 0 saturated carbocycles. The van der Waals surface area contributed by atoms with Crippen LogP contribution in [0.5, 0.6) is 0 Å². The van der Waals surface area contributed by atoms with Crippen LogP contribution in [0, 0.1) is 0 Å². The highest BCUT2D eigenvalue weighted by Crippen LogP contribution is 2.11. The molecule has 1 atom stereocenters. The molecule has 0 N–H and O–H groups in total. The van der Waals surface area contributed by atoms with Crippen molar-refractivity contribution in [3.8, 4) is 0 Å². The first-order valence-electron chi connectivity index (χ1n) is 22.0. The minimum atomic E-state index is -0.838. The fourth-order valence-corrected chi connectivity index (χ4v) is 5.40. The summed E-state index contributed by atoms with van der Waals surface area (Å²) < 4.78 is 16.5. The fraction of sp³-hybridized carbons (Fsp3) is 0.580. The van der Waals surface area contributed by atoms with E-state index < -0.39 is 12.1 Å². The highest BCUT2D eigenvalue weighted by Gasteiger charge is 2.19. The number of allylic oxidation sites excluding steroid dienone is 17. The second-order valence-electron chi connectivity index (χ2n) is 14.0. The summed E-state index contributed by atoms with van der Waals surface area (Å²) in [6.07, 6.45) is 58.2. The Morgan fingerprint density at radius 2 is 0.857 bits per heavy atom. The number of carbonyl (C=O) groups excluding carboxylic acids is 3. The first-order valence-corrected chi connectivity index (χ1v) is 22.0. The second-order valence-corrected chi connectivity index (χ2v) is 14.0. The third-order valence-electron chi connectivity index (χ3n) is 8.65. The van der Waals surface area contributed by atoms with Gasteiger partial charge in [-0.05, 0) is 77.0 Å². The number of esters is 3. The molecular weight excluding hydrogens is 697 g/mol. The first kappa shape index (κ1) is 52.1. The largest absolute Gasteiger partial charge is 0.462 e. The van der Waals surface area contributed by atoms with E-state index >= 15 is 0 Å². The maximum atomic E-state index is 12.7. The third-order valence-corrected chi connectivity index (χ3v) is 8.65. The molecule has 0 aromatic heterocycles. The van der Waals surface area contributed by atoms with Crippen molar-refractivity contribution < 1.29 is 28.6 Å². The van der Waals surface area contributed by atoms with Gasteiger partial charge in [0.15, 0.2) is 6.10 Å². The van der Waals surface area contributed by atoms with Gasteiger partial charge in [0.25, 0.3) is 0 Å². The lowest BCUT2D eigenvalue weighted by atomic mass is 10.1. The van der Waals surface area contributed by atoms with Gasteiger partial charge in [0.1, 0.15) is 13.2 Å². The predicted molar refractivity (Wildman–Crippen MR) is 237 cm³/mol. The molecule has 314 valence electrons. The minimum absolute atomic E-state index is 0.120. The molecule has 0 aromatic carbocycles. The van der Waals surface area contributed by atoms with E-state index in [1.165, 1.54) is 44.9 Å². The Bertz CT molecular complexity index is 1210. The third kappa shape index (κ3) is 41.2. The Hall–Kier alpha value is -3.93. The zero-order chi connectivity index (χ0) is 40.8. The number of unbranched alkanes of at least 4 members (excludes halogenated alkanes) is 13. The van der Waals surface area contributed by atoms with Gasteiger partial charge in [0.2, 0.25) is 0 Å². The summed E-state index contributed by atoms with van der Waals surface area (Å²) >= 11 is 0. The van der Waals surface area contributed by atoms with Gasteiger partial charge in [-0.15, -0.1) is 0 Å². The van der Waals surface area contributed by atoms with Crippen LogP contribution in [0.1, 0.15) is 168 Å². The lowest BCUT2D eigenvalue weighted by Crippen LogP contribution is -2.30. The Labute approximate surface area is 342 Å². The summed E-state index contributed by atoms with van der Waals surface area (Å²) in [7, 11) is 0. The van der Waals surface area contributed by atoms with Crippen molar-refractivity contribution in [1.82, 2.24) is 0 Å². The van der Waals surface area contributed by atoms with Crippen molar-refractivity contribution in [1.29, 1.82) is 0 Å². The molecule has 56 heavy (non-hydrogen) atoms. The van der Waals surface area contributed by atoms with E-state index in [0.717, 1.165) is 83.5 Å². The molecule has 0 spiro atoms. The van der Waals surface area contributed by atoms with Crippen LogP contribution in [0.4, 0.5) is 0 Å². The van der Waals surface area contributed by atoms with Crippen molar-refractivity contribution in [3.05, 3.63) is 109 Å². The summed E-state index contributed by atoms with van der Waals surface area (Å²) in [5, 5.41) is 0. The van der Waals surface area contributed by atoms with Gasteiger partial charge in [0.05, 0.1) is 6.42 Å². The Morgan fingerprint density at radius 3 is 1.45 bits per heavy atom. The molecule has 1 unspecified atom stereocenters. The Morgan fingerprint density at radius 1 is 0.411 bits per heavy atom. The molecule has 6 heteroatoms. The molecule has 0 saturated heterocycles. The Kier molecular flexibility index (Phi) is 40.7. The van der Waals surface area contributed by atoms with Crippen molar-refractivity contribution in [2.24, 2.45) is 0 Å². The van der Waals surface area contributed by atoms with E-state index in [1.54, 1.807) is 6.08 Å². The first-order chi connectivity index (χ1) is 27.5. The van der Waals surface area contributed by atoms with Crippen LogP contribution in [-0.2, 0) is 28.6 Å². The fourth-order valence-electron chi connectivity index (χ4n) is 5.40. The maximum Gasteiger partial charge on any atom is 0.309 e. The number of hydrogen-bond donors (Lipinski definition) is 0. The van der Waals surface area contributed by atoms with Gasteiger partial charge in [-0.2, -0.15) is 0 Å². The highest BCUT2D eigenvalue weighted by atomic mass is 16.6. The average molecular weight is 775 g/mol. The van der Waals surface area contributed by atoms with E-state index in [-0.39, 0.29) is 44.4 Å². The molecule has 0 aromatic rings. The lowest BCUT2D eigenvalue weighted by molar-refractivity contribution is -0.166. The summed E-state index contributed by atoms with van der Waals surface area (Å²) in [5.41, 5.74) is 0. The monoisotopic (exact) mass is 775 g/mol. The van der Waals surface area contributed by atoms with Crippen molar-refractivity contribution >= 4 is 17.9 Å². The number of hydrogen-bond acceptors (Lipinski definition) is 6. The van der Waals surface area contributed by atoms with Crippen molar-refractivity contribution in [2.75, 3.05) is 13.2 Å². The quantitative estimate of drug-likeness (QED) is 0.0206. The van der Waals surface area contributed by atoms with Gasteiger partial charge in [-0.25, -0.2) is 0 Å². The van der Waals surface area contributed by atoms with Gasteiger partial charge < -0.3 is 14.2 Å². The topological polar surface area (TPSA) is 78.9 Å². The molecule has 0 heterocycles. The smallest absolute Gasteiger partial charge is 0.309 e. The highest BCUT2D eigenvalue weighted by molar-refractivity contribution is 5.72. The van der Waals surface area contributed by atoms with Crippen LogP contribution in [0.25, 0.3) is 0 Å². The average Bonchev–Trinajstić information content (AvgIpc) is 3.19. The molecule has 0 bridgehead atoms. The molecule has 0 aliphatic rings. The van der Waals surface area contributed by atoms with Crippen LogP contribution in [0.15, 0.2) is 109 Å². The Balaban J connectivity index is 4.56. The van der Waals surface area contributed by atoms with Crippen LogP contribution in [-0.4, -0.2) is 37.2 Å². The van der Waals surface area contributed by atoms with E-state index in [9.17, 15) is 14.4 Å². The SMILES string of the molecule is CC\C=C/C=C\C=C/C=C\C=C/CCCCCC(=O)OCC(COC(=O)C/C=C\C/C=C\C/C=C\CC)OC(=O)CCCCC/C=C\CCCCCCCCC. The number of ether oxygens (including phenoxy) is 3.